The third-order valence-electron chi connectivity index (χ3n) is 5.12. The monoisotopic (exact) mass is 443 g/mol. The van der Waals surface area contributed by atoms with E-state index in [2.05, 4.69) is 5.32 Å². The maximum Gasteiger partial charge on any atom is 0.295 e. The van der Waals surface area contributed by atoms with Gasteiger partial charge in [0.1, 0.15) is 12.4 Å². The van der Waals surface area contributed by atoms with E-state index in [4.69, 9.17) is 11.6 Å². The van der Waals surface area contributed by atoms with Crippen molar-refractivity contribution in [1.82, 2.24) is 14.8 Å². The number of benzene rings is 2. The van der Waals surface area contributed by atoms with Gasteiger partial charge < -0.3 is 14.8 Å². The lowest BCUT2D eigenvalue weighted by Gasteiger charge is -2.17. The Balaban J connectivity index is 1.82. The molecule has 0 aliphatic heterocycles. The van der Waals surface area contributed by atoms with Crippen molar-refractivity contribution in [2.45, 2.75) is 26.9 Å². The molecule has 0 bridgehead atoms. The van der Waals surface area contributed by atoms with E-state index < -0.39 is 17.5 Å². The molecule has 1 heterocycles. The smallest absolute Gasteiger partial charge is 0.295 e. The number of fused-ring (bicyclic) bond motifs is 1. The number of likely N-dealkylation sites (N-methyl/N-ethyl adjacent to an activating group) is 1. The minimum absolute atomic E-state index is 0.0597. The van der Waals surface area contributed by atoms with E-state index in [9.17, 15) is 18.8 Å². The zero-order valence-electron chi connectivity index (χ0n) is 17.3. The van der Waals surface area contributed by atoms with Crippen molar-refractivity contribution < 1.29 is 18.8 Å². The van der Waals surface area contributed by atoms with Crippen LogP contribution in [0.15, 0.2) is 48.7 Å². The van der Waals surface area contributed by atoms with Gasteiger partial charge in [-0.1, -0.05) is 35.9 Å². The van der Waals surface area contributed by atoms with Crippen molar-refractivity contribution in [3.05, 3.63) is 70.6 Å². The zero-order chi connectivity index (χ0) is 22.5. The quantitative estimate of drug-likeness (QED) is 0.425. The largest absolute Gasteiger partial charge is 0.350 e. The maximum absolute atomic E-state index is 13.9. The molecule has 3 aromatic rings. The molecule has 31 heavy (non-hydrogen) atoms. The Morgan fingerprint density at radius 1 is 1.06 bits per heavy atom. The normalized spacial score (nSPS) is 10.8. The number of nitrogens with zero attached hydrogens (tertiary/aromatic N) is 2. The molecule has 2 aromatic carbocycles. The first-order chi connectivity index (χ1) is 14.9. The van der Waals surface area contributed by atoms with Gasteiger partial charge in [0.2, 0.25) is 5.91 Å². The van der Waals surface area contributed by atoms with Gasteiger partial charge in [-0.2, -0.15) is 0 Å². The molecule has 1 N–H and O–H groups in total. The van der Waals surface area contributed by atoms with Gasteiger partial charge in [-0.05, 0) is 32.0 Å². The van der Waals surface area contributed by atoms with Crippen LogP contribution in [0.5, 0.6) is 0 Å². The predicted molar refractivity (Wildman–Crippen MR) is 117 cm³/mol. The second kappa shape index (κ2) is 9.75. The second-order valence-corrected chi connectivity index (χ2v) is 7.38. The standard InChI is InChI=1S/C23H23ClFN3O3/c1-3-27(4-2)23(31)22(30)17-13-28(20-11-6-5-8-15(17)20)14-21(29)26-12-16-18(24)9-7-10-19(16)25/h5-11,13H,3-4,12,14H2,1-2H3,(H,26,29). The van der Waals surface area contributed by atoms with E-state index in [-0.39, 0.29) is 35.1 Å². The van der Waals surface area contributed by atoms with Gasteiger partial charge in [0.15, 0.2) is 0 Å². The number of aromatic nitrogens is 1. The Bertz CT molecular complexity index is 1120. The van der Waals surface area contributed by atoms with Crippen molar-refractivity contribution in [1.29, 1.82) is 0 Å². The van der Waals surface area contributed by atoms with E-state index in [0.29, 0.717) is 24.0 Å². The highest BCUT2D eigenvalue weighted by atomic mass is 35.5. The Morgan fingerprint density at radius 3 is 2.45 bits per heavy atom. The number of Topliss-reactive ketones (excluding diaryl/α,β-unsaturated/α-hetero) is 1. The fraction of sp³-hybridized carbons (Fsp3) is 0.261. The average Bonchev–Trinajstić information content (AvgIpc) is 3.12. The van der Waals surface area contributed by atoms with Crippen LogP contribution in [0.4, 0.5) is 4.39 Å². The number of carbonyl (C=O) groups excluding carboxylic acids is 3. The van der Waals surface area contributed by atoms with E-state index in [1.165, 1.54) is 23.2 Å². The molecular weight excluding hydrogens is 421 g/mol. The van der Waals surface area contributed by atoms with Crippen LogP contribution in [-0.2, 0) is 22.7 Å². The number of halogens is 2. The number of nitrogens with one attached hydrogen (secondary N) is 1. The summed E-state index contributed by atoms with van der Waals surface area (Å²) in [7, 11) is 0. The minimum Gasteiger partial charge on any atom is -0.350 e. The maximum atomic E-state index is 13.9. The molecule has 6 nitrogen and oxygen atoms in total. The highest BCUT2D eigenvalue weighted by Crippen LogP contribution is 2.23. The third kappa shape index (κ3) is 4.77. The molecule has 162 valence electrons. The Morgan fingerprint density at radius 2 is 1.77 bits per heavy atom. The van der Waals surface area contributed by atoms with E-state index >= 15 is 0 Å². The van der Waals surface area contributed by atoms with Crippen molar-refractivity contribution in [3.8, 4) is 0 Å². The third-order valence-corrected chi connectivity index (χ3v) is 5.47. The van der Waals surface area contributed by atoms with Crippen LogP contribution in [0.3, 0.4) is 0 Å². The molecule has 2 amide bonds. The second-order valence-electron chi connectivity index (χ2n) is 6.97. The van der Waals surface area contributed by atoms with Crippen molar-refractivity contribution >= 4 is 40.1 Å². The number of para-hydroxylation sites is 1. The van der Waals surface area contributed by atoms with Crippen LogP contribution in [-0.4, -0.2) is 40.2 Å². The molecule has 0 spiro atoms. The lowest BCUT2D eigenvalue weighted by molar-refractivity contribution is -0.126. The molecule has 0 aliphatic carbocycles. The fourth-order valence-electron chi connectivity index (χ4n) is 3.43. The Labute approximate surface area is 184 Å². The van der Waals surface area contributed by atoms with Gasteiger partial charge >= 0.3 is 0 Å². The first-order valence-electron chi connectivity index (χ1n) is 9.98. The van der Waals surface area contributed by atoms with Crippen LogP contribution < -0.4 is 5.32 Å². The summed E-state index contributed by atoms with van der Waals surface area (Å²) in [5, 5.41) is 3.47. The number of hydrogen-bond acceptors (Lipinski definition) is 3. The Kier molecular flexibility index (Phi) is 7.07. The summed E-state index contributed by atoms with van der Waals surface area (Å²) in [6.45, 7) is 4.32. The van der Waals surface area contributed by atoms with Crippen molar-refractivity contribution in [2.24, 2.45) is 0 Å². The summed E-state index contributed by atoms with van der Waals surface area (Å²) in [4.78, 5) is 39.4. The van der Waals surface area contributed by atoms with E-state index in [1.807, 2.05) is 13.8 Å². The van der Waals surface area contributed by atoms with E-state index in [0.717, 1.165) is 0 Å². The van der Waals surface area contributed by atoms with Gasteiger partial charge in [-0.15, -0.1) is 0 Å². The first-order valence-corrected chi connectivity index (χ1v) is 10.4. The number of ketones is 1. The van der Waals surface area contributed by atoms with Crippen molar-refractivity contribution in [3.63, 3.8) is 0 Å². The topological polar surface area (TPSA) is 71.4 Å². The molecule has 0 saturated heterocycles. The van der Waals surface area contributed by atoms with Crippen molar-refractivity contribution in [2.75, 3.05) is 13.1 Å². The van der Waals surface area contributed by atoms with E-state index in [1.54, 1.807) is 34.9 Å². The Hall–Kier alpha value is -3.19. The molecule has 3 rings (SSSR count). The highest BCUT2D eigenvalue weighted by Gasteiger charge is 2.25. The van der Waals surface area contributed by atoms with Crippen LogP contribution >= 0.6 is 11.6 Å². The molecule has 0 aliphatic rings. The molecule has 1 aromatic heterocycles. The van der Waals surface area contributed by atoms with Crippen LogP contribution in [0.1, 0.15) is 29.8 Å². The summed E-state index contributed by atoms with van der Waals surface area (Å²) in [6.07, 6.45) is 1.52. The zero-order valence-corrected chi connectivity index (χ0v) is 18.1. The van der Waals surface area contributed by atoms with Crippen LogP contribution in [0.25, 0.3) is 10.9 Å². The summed E-state index contributed by atoms with van der Waals surface area (Å²) < 4.78 is 15.5. The summed E-state index contributed by atoms with van der Waals surface area (Å²) in [5.41, 5.74) is 1.10. The van der Waals surface area contributed by atoms with Gasteiger partial charge in [0.05, 0.1) is 5.56 Å². The van der Waals surface area contributed by atoms with Crippen LogP contribution in [0, 0.1) is 5.82 Å². The molecular formula is C23H23ClFN3O3. The van der Waals surface area contributed by atoms with Gasteiger partial charge in [-0.25, -0.2) is 4.39 Å². The SMILES string of the molecule is CCN(CC)C(=O)C(=O)c1cn(CC(=O)NCc2c(F)cccc2Cl)c2ccccc12. The highest BCUT2D eigenvalue weighted by molar-refractivity contribution is 6.44. The fourth-order valence-corrected chi connectivity index (χ4v) is 3.66. The lowest BCUT2D eigenvalue weighted by Crippen LogP contribution is -2.36. The molecule has 0 radical (unpaired) electrons. The predicted octanol–water partition coefficient (Wildman–Crippen LogP) is 3.80. The minimum atomic E-state index is -0.614. The van der Waals surface area contributed by atoms with Crippen LogP contribution in [0.2, 0.25) is 5.02 Å². The summed E-state index contributed by atoms with van der Waals surface area (Å²) in [5.74, 6) is -2.07. The number of carbonyl (C=O) groups is 3. The molecule has 0 fully saturated rings. The molecule has 0 saturated carbocycles. The van der Waals surface area contributed by atoms with Gasteiger partial charge in [0, 0.05) is 47.3 Å². The van der Waals surface area contributed by atoms with Gasteiger partial charge in [0.25, 0.3) is 11.7 Å². The number of rotatable bonds is 8. The number of hydrogen-bond donors (Lipinski definition) is 1. The molecule has 8 heteroatoms. The first kappa shape index (κ1) is 22.5. The van der Waals surface area contributed by atoms with Gasteiger partial charge in [-0.3, -0.25) is 14.4 Å². The molecule has 0 atom stereocenters. The molecule has 0 unspecified atom stereocenters. The average molecular weight is 444 g/mol. The summed E-state index contributed by atoms with van der Waals surface area (Å²) >= 11 is 6.00. The summed E-state index contributed by atoms with van der Waals surface area (Å²) in [6, 6.07) is 11.4. The lowest BCUT2D eigenvalue weighted by atomic mass is 10.1. The number of amides is 2.